The summed E-state index contributed by atoms with van der Waals surface area (Å²) in [7, 11) is -3.31. The topological polar surface area (TPSA) is 50.3 Å². The molecular formula is C15H18N2O2S2. The molecule has 0 saturated carbocycles. The number of aryl methyl sites for hydroxylation is 1. The van der Waals surface area contributed by atoms with E-state index < -0.39 is 10.0 Å². The molecule has 6 heteroatoms. The summed E-state index contributed by atoms with van der Waals surface area (Å²) < 4.78 is 27.4. The molecule has 1 atom stereocenters. The zero-order valence-corrected chi connectivity index (χ0v) is 13.3. The van der Waals surface area contributed by atoms with Crippen LogP contribution in [0.4, 0.5) is 0 Å². The molecule has 2 aromatic rings. The van der Waals surface area contributed by atoms with E-state index in [4.69, 9.17) is 0 Å². The van der Waals surface area contributed by atoms with Crippen LogP contribution in [0.25, 0.3) is 0 Å². The lowest BCUT2D eigenvalue weighted by atomic mass is 10.1. The first kappa shape index (κ1) is 14.7. The second kappa shape index (κ2) is 6.25. The molecule has 1 aliphatic rings. The van der Waals surface area contributed by atoms with Crippen LogP contribution in [0.5, 0.6) is 0 Å². The number of thiophene rings is 1. The van der Waals surface area contributed by atoms with Crippen LogP contribution in [0.15, 0.2) is 46.2 Å². The number of nitrogens with zero attached hydrogens (tertiary/aromatic N) is 2. The Morgan fingerprint density at radius 1 is 1.29 bits per heavy atom. The van der Waals surface area contributed by atoms with Crippen molar-refractivity contribution in [2.75, 3.05) is 6.54 Å². The molecule has 0 aromatic carbocycles. The third kappa shape index (κ3) is 3.17. The minimum Gasteiger partial charge on any atom is -0.265 e. The second-order valence-electron chi connectivity index (χ2n) is 5.24. The molecule has 3 heterocycles. The van der Waals surface area contributed by atoms with Gasteiger partial charge in [0.2, 0.25) is 0 Å². The Labute approximate surface area is 129 Å². The molecule has 0 bridgehead atoms. The Hall–Kier alpha value is -1.24. The Kier molecular flexibility index (Phi) is 4.37. The predicted octanol–water partition coefficient (Wildman–Crippen LogP) is 2.93. The first-order chi connectivity index (χ1) is 10.2. The first-order valence-electron chi connectivity index (χ1n) is 7.12. The molecule has 4 nitrogen and oxygen atoms in total. The number of hydrogen-bond donors (Lipinski definition) is 0. The van der Waals surface area contributed by atoms with Gasteiger partial charge in [0.25, 0.3) is 10.0 Å². The summed E-state index contributed by atoms with van der Waals surface area (Å²) >= 11 is 1.30. The standard InChI is InChI=1S/C15H18N2O2S2/c18-21(19,15-4-2-12-20-15)17-11-1-3-14(17)6-5-13-7-9-16-10-8-13/h2,4,7-10,12,14H,1,3,5-6,11H2/t14-/m1/s1. The van der Waals surface area contributed by atoms with E-state index in [1.807, 2.05) is 17.5 Å². The number of hydrogen-bond acceptors (Lipinski definition) is 4. The lowest BCUT2D eigenvalue weighted by Gasteiger charge is -2.23. The third-order valence-corrected chi connectivity index (χ3v) is 7.22. The first-order valence-corrected chi connectivity index (χ1v) is 9.44. The highest BCUT2D eigenvalue weighted by molar-refractivity contribution is 7.91. The smallest absolute Gasteiger partial charge is 0.252 e. The molecule has 1 aliphatic heterocycles. The van der Waals surface area contributed by atoms with E-state index in [9.17, 15) is 8.42 Å². The van der Waals surface area contributed by atoms with Crippen molar-refractivity contribution in [1.29, 1.82) is 0 Å². The van der Waals surface area contributed by atoms with Crippen molar-refractivity contribution in [2.45, 2.75) is 35.9 Å². The molecule has 0 unspecified atom stereocenters. The Morgan fingerprint density at radius 3 is 2.81 bits per heavy atom. The van der Waals surface area contributed by atoms with Crippen molar-refractivity contribution in [3.8, 4) is 0 Å². The summed E-state index contributed by atoms with van der Waals surface area (Å²) in [6.07, 6.45) is 7.23. The van der Waals surface area contributed by atoms with Crippen LogP contribution in [-0.4, -0.2) is 30.3 Å². The summed E-state index contributed by atoms with van der Waals surface area (Å²) in [5.41, 5.74) is 1.21. The van der Waals surface area contributed by atoms with Gasteiger partial charge in [0.15, 0.2) is 0 Å². The Balaban J connectivity index is 1.71. The minimum absolute atomic E-state index is 0.116. The number of rotatable bonds is 5. The van der Waals surface area contributed by atoms with E-state index in [1.54, 1.807) is 28.8 Å². The van der Waals surface area contributed by atoms with E-state index in [1.165, 1.54) is 16.9 Å². The zero-order valence-electron chi connectivity index (χ0n) is 11.7. The van der Waals surface area contributed by atoms with Crippen molar-refractivity contribution in [2.24, 2.45) is 0 Å². The highest BCUT2D eigenvalue weighted by atomic mass is 32.2. The second-order valence-corrected chi connectivity index (χ2v) is 8.30. The molecular weight excluding hydrogens is 304 g/mol. The van der Waals surface area contributed by atoms with Gasteiger partial charge >= 0.3 is 0 Å². The van der Waals surface area contributed by atoms with Crippen LogP contribution in [-0.2, 0) is 16.4 Å². The molecule has 0 spiro atoms. The Morgan fingerprint density at radius 2 is 2.10 bits per heavy atom. The van der Waals surface area contributed by atoms with Gasteiger partial charge in [0, 0.05) is 25.0 Å². The van der Waals surface area contributed by atoms with Crippen LogP contribution in [0.2, 0.25) is 0 Å². The molecule has 0 aliphatic carbocycles. The summed E-state index contributed by atoms with van der Waals surface area (Å²) in [4.78, 5) is 4.01. The summed E-state index contributed by atoms with van der Waals surface area (Å²) in [5, 5.41) is 1.81. The number of sulfonamides is 1. The fraction of sp³-hybridized carbons (Fsp3) is 0.400. The normalized spacial score (nSPS) is 19.9. The molecule has 0 N–H and O–H groups in total. The zero-order chi connectivity index (χ0) is 14.7. The van der Waals surface area contributed by atoms with Gasteiger partial charge in [-0.2, -0.15) is 4.31 Å². The average molecular weight is 322 g/mol. The largest absolute Gasteiger partial charge is 0.265 e. The van der Waals surface area contributed by atoms with Gasteiger partial charge in [0.05, 0.1) is 0 Å². The average Bonchev–Trinajstić information content (AvgIpc) is 3.18. The lowest BCUT2D eigenvalue weighted by Crippen LogP contribution is -2.35. The summed E-state index contributed by atoms with van der Waals surface area (Å²) in [5.74, 6) is 0. The maximum atomic E-state index is 12.6. The fourth-order valence-corrected chi connectivity index (χ4v) is 5.67. The maximum absolute atomic E-state index is 12.6. The van der Waals surface area contributed by atoms with Gasteiger partial charge in [-0.25, -0.2) is 8.42 Å². The van der Waals surface area contributed by atoms with Crippen LogP contribution in [0, 0.1) is 0 Å². The van der Waals surface area contributed by atoms with Crippen molar-refractivity contribution in [1.82, 2.24) is 9.29 Å². The summed E-state index contributed by atoms with van der Waals surface area (Å²) in [6.45, 7) is 0.640. The van der Waals surface area contributed by atoms with E-state index >= 15 is 0 Å². The van der Waals surface area contributed by atoms with Gasteiger partial charge in [0.1, 0.15) is 4.21 Å². The quantitative estimate of drug-likeness (QED) is 0.850. The van der Waals surface area contributed by atoms with E-state index in [0.29, 0.717) is 10.8 Å². The van der Waals surface area contributed by atoms with E-state index in [0.717, 1.165) is 25.7 Å². The predicted molar refractivity (Wildman–Crippen MR) is 83.8 cm³/mol. The van der Waals surface area contributed by atoms with E-state index in [2.05, 4.69) is 4.98 Å². The van der Waals surface area contributed by atoms with Gasteiger partial charge < -0.3 is 0 Å². The number of pyridine rings is 1. The molecule has 3 rings (SSSR count). The van der Waals surface area contributed by atoms with Gasteiger partial charge in [-0.05, 0) is 54.8 Å². The number of aromatic nitrogens is 1. The van der Waals surface area contributed by atoms with Crippen molar-refractivity contribution in [3.05, 3.63) is 47.6 Å². The van der Waals surface area contributed by atoms with Gasteiger partial charge in [-0.1, -0.05) is 6.07 Å². The molecule has 0 amide bonds. The van der Waals surface area contributed by atoms with Crippen LogP contribution < -0.4 is 0 Å². The van der Waals surface area contributed by atoms with Crippen molar-refractivity contribution < 1.29 is 8.42 Å². The maximum Gasteiger partial charge on any atom is 0.252 e. The molecule has 1 saturated heterocycles. The third-order valence-electron chi connectivity index (χ3n) is 3.90. The molecule has 21 heavy (non-hydrogen) atoms. The van der Waals surface area contributed by atoms with Gasteiger partial charge in [-0.3, -0.25) is 4.98 Å². The molecule has 2 aromatic heterocycles. The van der Waals surface area contributed by atoms with Crippen LogP contribution in [0.3, 0.4) is 0 Å². The lowest BCUT2D eigenvalue weighted by molar-refractivity contribution is 0.371. The van der Waals surface area contributed by atoms with Gasteiger partial charge in [-0.15, -0.1) is 11.3 Å². The highest BCUT2D eigenvalue weighted by Gasteiger charge is 2.35. The SMILES string of the molecule is O=S(=O)(c1cccs1)N1CCC[C@@H]1CCc1ccncc1. The molecule has 0 radical (unpaired) electrons. The van der Waals surface area contributed by atoms with Crippen molar-refractivity contribution in [3.63, 3.8) is 0 Å². The molecule has 112 valence electrons. The fourth-order valence-electron chi connectivity index (χ4n) is 2.82. The Bertz CT molecular complexity index is 669. The minimum atomic E-state index is -3.31. The van der Waals surface area contributed by atoms with Crippen molar-refractivity contribution >= 4 is 21.4 Å². The highest BCUT2D eigenvalue weighted by Crippen LogP contribution is 2.30. The molecule has 1 fully saturated rings. The summed E-state index contributed by atoms with van der Waals surface area (Å²) in [6, 6.07) is 7.59. The van der Waals surface area contributed by atoms with Crippen LogP contribution >= 0.6 is 11.3 Å². The van der Waals surface area contributed by atoms with Crippen LogP contribution in [0.1, 0.15) is 24.8 Å². The van der Waals surface area contributed by atoms with E-state index in [-0.39, 0.29) is 6.04 Å². The monoisotopic (exact) mass is 322 g/mol.